The molecule has 25 heavy (non-hydrogen) atoms. The molecule has 2 N–H and O–H groups in total. The zero-order valence-corrected chi connectivity index (χ0v) is 13.9. The van der Waals surface area contributed by atoms with Crippen LogP contribution in [0, 0.1) is 5.41 Å². The number of anilines is 2. The van der Waals surface area contributed by atoms with Crippen LogP contribution in [-0.2, 0) is 4.74 Å². The fourth-order valence-corrected chi connectivity index (χ4v) is 2.17. The Kier molecular flexibility index (Phi) is 5.31. The van der Waals surface area contributed by atoms with E-state index in [0.717, 1.165) is 0 Å². The van der Waals surface area contributed by atoms with Crippen molar-refractivity contribution in [3.05, 3.63) is 47.7 Å². The molecule has 0 aliphatic rings. The average Bonchev–Trinajstić information content (AvgIpc) is 2.54. The molecule has 0 aliphatic heterocycles. The molecule has 0 atom stereocenters. The van der Waals surface area contributed by atoms with Crippen LogP contribution >= 0.6 is 0 Å². The van der Waals surface area contributed by atoms with Gasteiger partial charge in [-0.05, 0) is 37.3 Å². The maximum atomic E-state index is 12.8. The van der Waals surface area contributed by atoms with Crippen LogP contribution in [-0.4, -0.2) is 29.9 Å². The Morgan fingerprint density at radius 1 is 1.24 bits per heavy atom. The lowest BCUT2D eigenvalue weighted by Gasteiger charge is -2.15. The minimum atomic E-state index is -3.27. The van der Waals surface area contributed by atoms with Crippen molar-refractivity contribution in [2.24, 2.45) is 0 Å². The molecule has 6 nitrogen and oxygen atoms in total. The van der Waals surface area contributed by atoms with E-state index in [9.17, 15) is 13.6 Å². The Morgan fingerprint density at radius 3 is 2.40 bits per heavy atom. The van der Waals surface area contributed by atoms with E-state index in [1.54, 1.807) is 0 Å². The molecule has 1 aromatic carbocycles. The number of alkyl halides is 2. The predicted molar refractivity (Wildman–Crippen MR) is 89.1 cm³/mol. The largest absolute Gasteiger partial charge is 0.465 e. The Balaban J connectivity index is 2.31. The van der Waals surface area contributed by atoms with Gasteiger partial charge in [-0.1, -0.05) is 0 Å². The van der Waals surface area contributed by atoms with Crippen LogP contribution in [0.25, 0.3) is 0 Å². The number of hydrogen-bond donors (Lipinski definition) is 2. The van der Waals surface area contributed by atoms with Gasteiger partial charge in [0.05, 0.1) is 18.2 Å². The Labute approximate surface area is 143 Å². The van der Waals surface area contributed by atoms with E-state index in [-0.39, 0.29) is 22.8 Å². The Hall–Kier alpha value is -3.03. The van der Waals surface area contributed by atoms with Crippen LogP contribution < -0.4 is 10.1 Å². The molecule has 0 amide bonds. The van der Waals surface area contributed by atoms with Gasteiger partial charge in [-0.15, -0.1) is 0 Å². The van der Waals surface area contributed by atoms with Crippen LogP contribution in [0.1, 0.15) is 29.8 Å². The second kappa shape index (κ2) is 7.25. The first-order valence-corrected chi connectivity index (χ1v) is 7.28. The maximum absolute atomic E-state index is 12.8. The van der Waals surface area contributed by atoms with Gasteiger partial charge < -0.3 is 20.2 Å². The van der Waals surface area contributed by atoms with E-state index >= 15 is 0 Å². The van der Waals surface area contributed by atoms with Gasteiger partial charge in [0.1, 0.15) is 11.6 Å². The summed E-state index contributed by atoms with van der Waals surface area (Å²) < 4.78 is 34.8. The highest BCUT2D eigenvalue weighted by Gasteiger charge is 2.23. The van der Waals surface area contributed by atoms with Gasteiger partial charge in [0, 0.05) is 24.5 Å². The summed E-state index contributed by atoms with van der Waals surface area (Å²) in [4.78, 5) is 16.0. The minimum absolute atomic E-state index is 0.0118. The molecule has 0 saturated carbocycles. The Bertz CT molecular complexity index is 787. The number of methoxy groups -OCH3 is 1. The van der Waals surface area contributed by atoms with Crippen LogP contribution in [0.2, 0.25) is 0 Å². The van der Waals surface area contributed by atoms with Gasteiger partial charge in [0.25, 0.3) is 0 Å². The lowest BCUT2D eigenvalue weighted by molar-refractivity contribution is -0.158. The second-order valence-electron chi connectivity index (χ2n) is 5.26. The number of carbonyl (C=O) groups excluding carboxylic acids is 1. The zero-order valence-electron chi connectivity index (χ0n) is 13.9. The monoisotopic (exact) mass is 349 g/mol. The van der Waals surface area contributed by atoms with Crippen molar-refractivity contribution in [2.75, 3.05) is 12.4 Å². The fraction of sp³-hybridized carbons (Fsp3) is 0.235. The zero-order chi connectivity index (χ0) is 18.6. The molecule has 2 rings (SSSR count). The van der Waals surface area contributed by atoms with Crippen molar-refractivity contribution < 1.29 is 23.0 Å². The maximum Gasteiger partial charge on any atom is 0.394 e. The normalized spacial score (nSPS) is 10.9. The van der Waals surface area contributed by atoms with Gasteiger partial charge in [0.2, 0.25) is 0 Å². The first-order chi connectivity index (χ1) is 11.7. The van der Waals surface area contributed by atoms with Crippen LogP contribution in [0.4, 0.5) is 20.3 Å². The number of benzene rings is 1. The highest BCUT2D eigenvalue weighted by Crippen LogP contribution is 2.26. The second-order valence-corrected chi connectivity index (χ2v) is 5.26. The molecule has 1 aromatic heterocycles. The lowest BCUT2D eigenvalue weighted by atomic mass is 10.1. The third kappa shape index (κ3) is 4.72. The van der Waals surface area contributed by atoms with E-state index in [0.29, 0.717) is 18.2 Å². The number of hydrogen-bond acceptors (Lipinski definition) is 6. The molecule has 8 heteroatoms. The highest BCUT2D eigenvalue weighted by molar-refractivity contribution is 6.10. The van der Waals surface area contributed by atoms with Crippen molar-refractivity contribution in [1.82, 2.24) is 4.98 Å². The van der Waals surface area contributed by atoms with Crippen molar-refractivity contribution in [3.63, 3.8) is 0 Å². The van der Waals surface area contributed by atoms with Gasteiger partial charge in [-0.2, -0.15) is 8.78 Å². The topological polar surface area (TPSA) is 84.3 Å². The van der Waals surface area contributed by atoms with Gasteiger partial charge >= 0.3 is 12.1 Å². The lowest BCUT2D eigenvalue weighted by Crippen LogP contribution is -2.19. The fourth-order valence-electron chi connectivity index (χ4n) is 2.17. The quantitative estimate of drug-likeness (QED) is 0.608. The van der Waals surface area contributed by atoms with E-state index in [4.69, 9.17) is 10.1 Å². The number of pyridine rings is 1. The number of nitrogens with zero attached hydrogens (tertiary/aromatic N) is 1. The Morgan fingerprint density at radius 2 is 1.88 bits per heavy atom. The van der Waals surface area contributed by atoms with Crippen molar-refractivity contribution in [3.8, 4) is 5.75 Å². The summed E-state index contributed by atoms with van der Waals surface area (Å²) in [6.07, 6.45) is -1.86. The summed E-state index contributed by atoms with van der Waals surface area (Å²) in [5.41, 5.74) is 1.17. The highest BCUT2D eigenvalue weighted by atomic mass is 19.3. The number of halogens is 2. The number of rotatable bonds is 6. The number of esters is 1. The van der Waals surface area contributed by atoms with Crippen LogP contribution in [0.15, 0.2) is 36.5 Å². The summed E-state index contributed by atoms with van der Waals surface area (Å²) in [5.74, 6) is -0.288. The summed E-state index contributed by atoms with van der Waals surface area (Å²) >= 11 is 0. The van der Waals surface area contributed by atoms with Crippen molar-refractivity contribution in [1.29, 1.82) is 5.41 Å². The van der Waals surface area contributed by atoms with E-state index in [1.807, 2.05) is 0 Å². The van der Waals surface area contributed by atoms with E-state index in [1.165, 1.54) is 50.6 Å². The SMILES string of the molecule is COC(=O)c1ccnc(Nc2ccc(OC(C)(F)F)cc2)c1C(C)=N. The van der Waals surface area contributed by atoms with E-state index < -0.39 is 12.1 Å². The number of carbonyl (C=O) groups is 1. The smallest absolute Gasteiger partial charge is 0.394 e. The van der Waals surface area contributed by atoms with Crippen molar-refractivity contribution >= 4 is 23.2 Å². The first-order valence-electron chi connectivity index (χ1n) is 7.28. The van der Waals surface area contributed by atoms with Gasteiger partial charge in [-0.3, -0.25) is 0 Å². The number of nitrogens with one attached hydrogen (secondary N) is 2. The molecule has 0 spiro atoms. The third-order valence-corrected chi connectivity index (χ3v) is 3.15. The molecule has 132 valence electrons. The number of aromatic nitrogens is 1. The summed E-state index contributed by atoms with van der Waals surface area (Å²) in [5, 5.41) is 10.9. The summed E-state index contributed by atoms with van der Waals surface area (Å²) in [6.45, 7) is 2.18. The first kappa shape index (κ1) is 18.3. The van der Waals surface area contributed by atoms with E-state index in [2.05, 4.69) is 15.0 Å². The molecular weight excluding hydrogens is 332 g/mol. The summed E-state index contributed by atoms with van der Waals surface area (Å²) in [6, 6.07) is 7.26. The molecule has 0 radical (unpaired) electrons. The molecule has 0 bridgehead atoms. The van der Waals surface area contributed by atoms with Gasteiger partial charge in [0.15, 0.2) is 0 Å². The van der Waals surface area contributed by atoms with Crippen molar-refractivity contribution in [2.45, 2.75) is 20.0 Å². The molecule has 1 heterocycles. The predicted octanol–water partition coefficient (Wildman–Crippen LogP) is 3.99. The van der Waals surface area contributed by atoms with Crippen LogP contribution in [0.5, 0.6) is 5.75 Å². The third-order valence-electron chi connectivity index (χ3n) is 3.15. The molecule has 0 unspecified atom stereocenters. The summed E-state index contributed by atoms with van der Waals surface area (Å²) in [7, 11) is 1.25. The standard InChI is InChI=1S/C17H17F2N3O3/c1-10(20)14-13(16(23)24-3)8-9-21-15(14)22-11-4-6-12(7-5-11)25-17(2,18)19/h4-9,20H,1-3H3,(H,21,22). The van der Waals surface area contributed by atoms with Gasteiger partial charge in [-0.25, -0.2) is 9.78 Å². The minimum Gasteiger partial charge on any atom is -0.465 e. The molecule has 0 saturated heterocycles. The molecular formula is C17H17F2N3O3. The number of ether oxygens (including phenoxy) is 2. The van der Waals surface area contributed by atoms with Crippen LogP contribution in [0.3, 0.4) is 0 Å². The molecule has 0 aliphatic carbocycles. The average molecular weight is 349 g/mol. The molecule has 2 aromatic rings. The molecule has 0 fully saturated rings.